The predicted molar refractivity (Wildman–Crippen MR) is 129 cm³/mol. The molecule has 176 valence electrons. The lowest BCUT2D eigenvalue weighted by Gasteiger charge is -2.28. The highest BCUT2D eigenvalue weighted by atomic mass is 35.5. The number of morpholine rings is 1. The van der Waals surface area contributed by atoms with E-state index in [-0.39, 0.29) is 10.6 Å². The number of halogens is 1. The first-order chi connectivity index (χ1) is 16.3. The van der Waals surface area contributed by atoms with Gasteiger partial charge in [0.05, 0.1) is 23.0 Å². The van der Waals surface area contributed by atoms with Gasteiger partial charge < -0.3 is 15.0 Å². The largest absolute Gasteiger partial charge is 0.378 e. The maximum absolute atomic E-state index is 12.7. The molecule has 2 aromatic carbocycles. The zero-order valence-corrected chi connectivity index (χ0v) is 19.3. The number of nitro benzene ring substituents is 1. The number of carbonyl (C=O) groups is 3. The van der Waals surface area contributed by atoms with Gasteiger partial charge in [-0.25, -0.2) is 0 Å². The summed E-state index contributed by atoms with van der Waals surface area (Å²) in [6.45, 7) is 1.59. The molecule has 0 radical (unpaired) electrons. The standard InChI is InChI=1S/C22H19ClN4O6S/c23-15-2-4-16(5-3-15)24-20(28)13-26-21(29)19(34-22(26)30)12-14-1-6-17(18(11-14)27(31)32)25-7-9-33-10-8-25/h1-6,11-12H,7-10,13H2,(H,24,28)/b19-12-. The third kappa shape index (κ3) is 5.38. The van der Waals surface area contributed by atoms with Crippen LogP contribution in [0.2, 0.25) is 5.02 Å². The molecule has 0 bridgehead atoms. The monoisotopic (exact) mass is 502 g/mol. The Kier molecular flexibility index (Phi) is 7.15. The summed E-state index contributed by atoms with van der Waals surface area (Å²) >= 11 is 6.50. The molecule has 2 aliphatic rings. The lowest BCUT2D eigenvalue weighted by molar-refractivity contribution is -0.384. The number of hydrogen-bond donors (Lipinski definition) is 1. The van der Waals surface area contributed by atoms with Gasteiger partial charge in [-0.1, -0.05) is 17.7 Å². The SMILES string of the molecule is O=C(CN1C(=O)S/C(=C\c2ccc(N3CCOCC3)c([N+](=O)[O-])c2)C1=O)Nc1ccc(Cl)cc1. The van der Waals surface area contributed by atoms with E-state index in [0.717, 1.165) is 4.90 Å². The van der Waals surface area contributed by atoms with Crippen LogP contribution < -0.4 is 10.2 Å². The number of benzene rings is 2. The van der Waals surface area contributed by atoms with E-state index in [0.29, 0.717) is 60.0 Å². The summed E-state index contributed by atoms with van der Waals surface area (Å²) in [5, 5.41) is 14.2. The van der Waals surface area contributed by atoms with Gasteiger partial charge in [0.1, 0.15) is 12.2 Å². The summed E-state index contributed by atoms with van der Waals surface area (Å²) in [7, 11) is 0. The number of hydrogen-bond acceptors (Lipinski definition) is 8. The van der Waals surface area contributed by atoms with Crippen LogP contribution in [0.15, 0.2) is 47.4 Å². The Hall–Kier alpha value is -3.41. The minimum atomic E-state index is -0.638. The molecule has 12 heteroatoms. The Balaban J connectivity index is 1.49. The highest BCUT2D eigenvalue weighted by Crippen LogP contribution is 2.35. The van der Waals surface area contributed by atoms with Crippen molar-refractivity contribution in [1.82, 2.24) is 4.90 Å². The molecule has 2 saturated heterocycles. The van der Waals surface area contributed by atoms with Crippen LogP contribution in [0.25, 0.3) is 6.08 Å². The van der Waals surface area contributed by atoms with Crippen molar-refractivity contribution in [1.29, 1.82) is 0 Å². The topological polar surface area (TPSA) is 122 Å². The average molecular weight is 503 g/mol. The molecule has 0 aromatic heterocycles. The van der Waals surface area contributed by atoms with E-state index in [1.165, 1.54) is 12.1 Å². The minimum Gasteiger partial charge on any atom is -0.378 e. The summed E-state index contributed by atoms with van der Waals surface area (Å²) in [5.74, 6) is -1.18. The van der Waals surface area contributed by atoms with Gasteiger partial charge in [0.15, 0.2) is 0 Å². The summed E-state index contributed by atoms with van der Waals surface area (Å²) in [5.41, 5.74) is 1.25. The van der Waals surface area contributed by atoms with Crippen LogP contribution in [-0.4, -0.2) is 59.7 Å². The third-order valence-corrected chi connectivity index (χ3v) is 6.31. The Labute approximate surface area is 203 Å². The second kappa shape index (κ2) is 10.2. The molecule has 2 fully saturated rings. The Morgan fingerprint density at radius 1 is 1.18 bits per heavy atom. The van der Waals surface area contributed by atoms with Gasteiger partial charge in [-0.2, -0.15) is 0 Å². The van der Waals surface area contributed by atoms with E-state index in [9.17, 15) is 24.5 Å². The Bertz CT molecular complexity index is 1180. The molecular weight excluding hydrogens is 484 g/mol. The molecule has 1 N–H and O–H groups in total. The fourth-order valence-corrected chi connectivity index (χ4v) is 4.48. The molecule has 2 aliphatic heterocycles. The van der Waals surface area contributed by atoms with Crippen LogP contribution in [0.4, 0.5) is 21.9 Å². The molecule has 34 heavy (non-hydrogen) atoms. The highest BCUT2D eigenvalue weighted by Gasteiger charge is 2.36. The van der Waals surface area contributed by atoms with Crippen molar-refractivity contribution >= 4 is 63.6 Å². The number of anilines is 2. The van der Waals surface area contributed by atoms with E-state index in [2.05, 4.69) is 5.32 Å². The predicted octanol–water partition coefficient (Wildman–Crippen LogP) is 3.76. The van der Waals surface area contributed by atoms with Crippen molar-refractivity contribution in [2.24, 2.45) is 0 Å². The second-order valence-electron chi connectivity index (χ2n) is 7.43. The fourth-order valence-electron chi connectivity index (χ4n) is 3.51. The first-order valence-electron chi connectivity index (χ1n) is 10.2. The first-order valence-corrected chi connectivity index (χ1v) is 11.4. The number of carbonyl (C=O) groups excluding carboxylic acids is 3. The molecule has 2 aromatic rings. The zero-order valence-electron chi connectivity index (χ0n) is 17.7. The number of imide groups is 1. The smallest absolute Gasteiger partial charge is 0.294 e. The van der Waals surface area contributed by atoms with Crippen molar-refractivity contribution < 1.29 is 24.0 Å². The van der Waals surface area contributed by atoms with E-state index in [1.54, 1.807) is 36.4 Å². The van der Waals surface area contributed by atoms with Gasteiger partial charge in [-0.05, 0) is 53.7 Å². The van der Waals surface area contributed by atoms with E-state index in [1.807, 2.05) is 4.90 Å². The van der Waals surface area contributed by atoms with E-state index < -0.39 is 28.5 Å². The number of nitrogens with zero attached hydrogens (tertiary/aromatic N) is 3. The van der Waals surface area contributed by atoms with Crippen LogP contribution in [0, 0.1) is 10.1 Å². The molecule has 0 aliphatic carbocycles. The molecular formula is C22H19ClN4O6S. The molecule has 2 heterocycles. The van der Waals surface area contributed by atoms with Gasteiger partial charge >= 0.3 is 0 Å². The molecule has 3 amide bonds. The van der Waals surface area contributed by atoms with Crippen LogP contribution >= 0.6 is 23.4 Å². The normalized spacial score (nSPS) is 17.4. The van der Waals surface area contributed by atoms with Crippen molar-refractivity contribution in [2.45, 2.75) is 0 Å². The molecule has 0 spiro atoms. The fraction of sp³-hybridized carbons (Fsp3) is 0.227. The van der Waals surface area contributed by atoms with Crippen molar-refractivity contribution in [3.63, 3.8) is 0 Å². The third-order valence-electron chi connectivity index (χ3n) is 5.15. The number of thioether (sulfide) groups is 1. The van der Waals surface area contributed by atoms with Gasteiger partial charge in [0.25, 0.3) is 16.8 Å². The van der Waals surface area contributed by atoms with Gasteiger partial charge in [0.2, 0.25) is 5.91 Å². The van der Waals surface area contributed by atoms with Crippen molar-refractivity contribution in [3.05, 3.63) is 68.1 Å². The van der Waals surface area contributed by atoms with Crippen LogP contribution in [0.1, 0.15) is 5.56 Å². The average Bonchev–Trinajstić information content (AvgIpc) is 3.08. The number of nitro groups is 1. The van der Waals surface area contributed by atoms with E-state index in [4.69, 9.17) is 16.3 Å². The Morgan fingerprint density at radius 2 is 1.88 bits per heavy atom. The first kappa shape index (κ1) is 23.7. The van der Waals surface area contributed by atoms with Crippen molar-refractivity contribution in [3.8, 4) is 0 Å². The lowest BCUT2D eigenvalue weighted by atomic mass is 10.1. The van der Waals surface area contributed by atoms with Crippen LogP contribution in [-0.2, 0) is 14.3 Å². The Morgan fingerprint density at radius 3 is 2.56 bits per heavy atom. The molecule has 0 unspecified atom stereocenters. The molecule has 10 nitrogen and oxygen atoms in total. The quantitative estimate of drug-likeness (QED) is 0.360. The van der Waals surface area contributed by atoms with E-state index >= 15 is 0 Å². The van der Waals surface area contributed by atoms with Crippen LogP contribution in [0.5, 0.6) is 0 Å². The number of rotatable bonds is 6. The maximum Gasteiger partial charge on any atom is 0.294 e. The molecule has 0 saturated carbocycles. The van der Waals surface area contributed by atoms with Gasteiger partial charge in [-0.3, -0.25) is 29.4 Å². The summed E-state index contributed by atoms with van der Waals surface area (Å²) < 4.78 is 5.30. The molecule has 4 rings (SSSR count). The second-order valence-corrected chi connectivity index (χ2v) is 8.86. The van der Waals surface area contributed by atoms with Gasteiger partial charge in [0, 0.05) is 29.9 Å². The molecule has 0 atom stereocenters. The van der Waals surface area contributed by atoms with Crippen LogP contribution in [0.3, 0.4) is 0 Å². The number of amides is 3. The summed E-state index contributed by atoms with van der Waals surface area (Å²) in [4.78, 5) is 51.4. The maximum atomic E-state index is 12.7. The number of nitrogens with one attached hydrogen (secondary N) is 1. The minimum absolute atomic E-state index is 0.0812. The lowest BCUT2D eigenvalue weighted by Crippen LogP contribution is -2.36. The summed E-state index contributed by atoms with van der Waals surface area (Å²) in [6, 6.07) is 11.0. The van der Waals surface area contributed by atoms with Crippen molar-refractivity contribution in [2.75, 3.05) is 43.1 Å². The highest BCUT2D eigenvalue weighted by molar-refractivity contribution is 8.18. The van der Waals surface area contributed by atoms with Gasteiger partial charge in [-0.15, -0.1) is 0 Å². The number of ether oxygens (including phenoxy) is 1. The summed E-state index contributed by atoms with van der Waals surface area (Å²) in [6.07, 6.45) is 1.41. The zero-order chi connectivity index (χ0) is 24.2.